The molecule has 0 aliphatic carbocycles. The van der Waals surface area contributed by atoms with Crippen molar-refractivity contribution in [3.8, 4) is 11.1 Å². The SMILES string of the molecule is CC(C)c1[nH]n(Cc2ccc(-c3ccccc3S(=O)(=O)NC(C)(C)C)cc2)c(=O)c1Cc1cccc(C(=N)N)c1. The standard InChI is InChI=1S/C31H37N5O3S/c1-20(2)28-26(18-22-9-8-10-24(17-22)29(32)33)30(37)36(34-28)19-21-13-15-23(16-14-21)25-11-6-7-12-27(25)40(38,39)35-31(3,4)5/h6-17,20,34-35H,18-19H2,1-5H3,(H3,32,33). The van der Waals surface area contributed by atoms with Gasteiger partial charge in [-0.15, -0.1) is 0 Å². The summed E-state index contributed by atoms with van der Waals surface area (Å²) in [6.45, 7) is 9.86. The summed E-state index contributed by atoms with van der Waals surface area (Å²) in [6.07, 6.45) is 0.434. The molecule has 0 aliphatic rings. The zero-order valence-electron chi connectivity index (χ0n) is 23.6. The minimum atomic E-state index is -3.72. The molecular weight excluding hydrogens is 522 g/mol. The number of amidine groups is 1. The Morgan fingerprint density at radius 2 is 1.68 bits per heavy atom. The van der Waals surface area contributed by atoms with Crippen molar-refractivity contribution in [1.82, 2.24) is 14.5 Å². The first-order valence-corrected chi connectivity index (χ1v) is 14.7. The minimum Gasteiger partial charge on any atom is -0.384 e. The third-order valence-corrected chi connectivity index (χ3v) is 8.32. The lowest BCUT2D eigenvalue weighted by molar-refractivity contribution is 0.491. The van der Waals surface area contributed by atoms with Gasteiger partial charge in [-0.3, -0.25) is 15.3 Å². The average molecular weight is 560 g/mol. The van der Waals surface area contributed by atoms with E-state index in [4.69, 9.17) is 11.1 Å². The number of nitrogens with zero attached hydrogens (tertiary/aromatic N) is 1. The van der Waals surface area contributed by atoms with Crippen LogP contribution in [0.5, 0.6) is 0 Å². The molecule has 1 aromatic heterocycles. The maximum Gasteiger partial charge on any atom is 0.270 e. The first-order chi connectivity index (χ1) is 18.7. The fraction of sp³-hybridized carbons (Fsp3) is 0.290. The normalized spacial score (nSPS) is 12.2. The highest BCUT2D eigenvalue weighted by Gasteiger charge is 2.25. The molecule has 0 saturated heterocycles. The number of hydrogen-bond donors (Lipinski definition) is 4. The van der Waals surface area contributed by atoms with Gasteiger partial charge in [0.25, 0.3) is 5.56 Å². The summed E-state index contributed by atoms with van der Waals surface area (Å²) in [5.41, 5.74) is 10.3. The Labute approximate surface area is 235 Å². The average Bonchev–Trinajstić information content (AvgIpc) is 3.18. The number of aromatic amines is 1. The number of nitrogens with one attached hydrogen (secondary N) is 3. The van der Waals surface area contributed by atoms with E-state index in [2.05, 4.69) is 9.82 Å². The summed E-state index contributed by atoms with van der Waals surface area (Å²) < 4.78 is 30.5. The fourth-order valence-electron chi connectivity index (χ4n) is 4.72. The van der Waals surface area contributed by atoms with Gasteiger partial charge in [0.05, 0.1) is 11.4 Å². The molecule has 0 spiro atoms. The van der Waals surface area contributed by atoms with Gasteiger partial charge in [0.2, 0.25) is 10.0 Å². The number of aromatic nitrogens is 2. The van der Waals surface area contributed by atoms with E-state index in [0.29, 0.717) is 29.7 Å². The molecule has 4 aromatic rings. The number of rotatable bonds is 9. The third kappa shape index (κ3) is 6.60. The Balaban J connectivity index is 1.62. The molecule has 3 aromatic carbocycles. The molecule has 0 atom stereocenters. The first kappa shape index (κ1) is 29.0. The van der Waals surface area contributed by atoms with Crippen LogP contribution in [0.4, 0.5) is 0 Å². The Morgan fingerprint density at radius 1 is 1.00 bits per heavy atom. The molecule has 1 heterocycles. The zero-order valence-corrected chi connectivity index (χ0v) is 24.4. The number of H-pyrrole nitrogens is 1. The van der Waals surface area contributed by atoms with Crippen molar-refractivity contribution in [2.45, 2.75) is 63.9 Å². The van der Waals surface area contributed by atoms with Gasteiger partial charge in [-0.1, -0.05) is 74.5 Å². The topological polar surface area (TPSA) is 134 Å². The summed E-state index contributed by atoms with van der Waals surface area (Å²) >= 11 is 0. The number of benzene rings is 3. The molecule has 0 amide bonds. The molecule has 40 heavy (non-hydrogen) atoms. The van der Waals surface area contributed by atoms with Crippen LogP contribution in [0.1, 0.15) is 68.5 Å². The summed E-state index contributed by atoms with van der Waals surface area (Å²) in [7, 11) is -3.72. The van der Waals surface area contributed by atoms with Gasteiger partial charge >= 0.3 is 0 Å². The van der Waals surface area contributed by atoms with Gasteiger partial charge in [-0.05, 0) is 55.5 Å². The Kier molecular flexibility index (Phi) is 8.18. The van der Waals surface area contributed by atoms with Crippen molar-refractivity contribution in [2.24, 2.45) is 5.73 Å². The first-order valence-electron chi connectivity index (χ1n) is 13.2. The number of nitrogen functional groups attached to an aromatic ring is 1. The summed E-state index contributed by atoms with van der Waals surface area (Å²) in [4.78, 5) is 13.7. The molecule has 5 N–H and O–H groups in total. The van der Waals surface area contributed by atoms with Gasteiger partial charge in [0.15, 0.2) is 0 Å². The Morgan fingerprint density at radius 3 is 2.30 bits per heavy atom. The minimum absolute atomic E-state index is 0.00783. The number of nitrogens with two attached hydrogens (primary N) is 1. The second kappa shape index (κ2) is 11.3. The Hall–Kier alpha value is -3.95. The van der Waals surface area contributed by atoms with E-state index in [9.17, 15) is 13.2 Å². The van der Waals surface area contributed by atoms with E-state index >= 15 is 0 Å². The van der Waals surface area contributed by atoms with Gasteiger partial charge in [0.1, 0.15) is 5.84 Å². The zero-order chi connectivity index (χ0) is 29.2. The third-order valence-electron chi connectivity index (χ3n) is 6.50. The molecule has 8 nitrogen and oxygen atoms in total. The lowest BCUT2D eigenvalue weighted by atomic mass is 9.98. The largest absolute Gasteiger partial charge is 0.384 e. The van der Waals surface area contributed by atoms with Crippen molar-refractivity contribution >= 4 is 15.9 Å². The highest BCUT2D eigenvalue weighted by atomic mass is 32.2. The predicted molar refractivity (Wildman–Crippen MR) is 160 cm³/mol. The van der Waals surface area contributed by atoms with Gasteiger partial charge in [-0.2, -0.15) is 0 Å². The summed E-state index contributed by atoms with van der Waals surface area (Å²) in [5.74, 6) is 0.106. The summed E-state index contributed by atoms with van der Waals surface area (Å²) in [6, 6.07) is 21.9. The second-order valence-electron chi connectivity index (χ2n) is 11.4. The maximum atomic E-state index is 13.5. The Bertz CT molecular complexity index is 1690. The number of hydrogen-bond acceptors (Lipinski definition) is 4. The molecular formula is C31H37N5O3S. The van der Waals surface area contributed by atoms with Crippen molar-refractivity contribution < 1.29 is 8.42 Å². The molecule has 0 unspecified atom stereocenters. The van der Waals surface area contributed by atoms with Crippen LogP contribution in [0.15, 0.2) is 82.5 Å². The molecule has 0 radical (unpaired) electrons. The molecule has 4 rings (SSSR count). The van der Waals surface area contributed by atoms with Crippen LogP contribution in [0, 0.1) is 5.41 Å². The smallest absolute Gasteiger partial charge is 0.270 e. The van der Waals surface area contributed by atoms with Crippen molar-refractivity contribution in [3.63, 3.8) is 0 Å². The van der Waals surface area contributed by atoms with Crippen LogP contribution >= 0.6 is 0 Å². The van der Waals surface area contributed by atoms with E-state index in [-0.39, 0.29) is 22.2 Å². The van der Waals surface area contributed by atoms with E-state index in [1.165, 1.54) is 0 Å². The molecule has 0 aliphatic heterocycles. The number of sulfonamides is 1. The highest BCUT2D eigenvalue weighted by Crippen LogP contribution is 2.28. The van der Waals surface area contributed by atoms with Crippen LogP contribution in [0.25, 0.3) is 11.1 Å². The van der Waals surface area contributed by atoms with Crippen LogP contribution in [0.2, 0.25) is 0 Å². The lowest BCUT2D eigenvalue weighted by Crippen LogP contribution is -2.40. The monoisotopic (exact) mass is 559 g/mol. The quantitative estimate of drug-likeness (QED) is 0.170. The molecule has 0 fully saturated rings. The molecule has 210 valence electrons. The van der Waals surface area contributed by atoms with Gasteiger partial charge in [-0.25, -0.2) is 17.8 Å². The van der Waals surface area contributed by atoms with Crippen molar-refractivity contribution in [2.75, 3.05) is 0 Å². The molecule has 0 saturated carbocycles. The lowest BCUT2D eigenvalue weighted by Gasteiger charge is -2.21. The maximum absolute atomic E-state index is 13.5. The summed E-state index contributed by atoms with van der Waals surface area (Å²) in [5, 5.41) is 11.0. The van der Waals surface area contributed by atoms with Crippen LogP contribution in [-0.4, -0.2) is 29.6 Å². The second-order valence-corrected chi connectivity index (χ2v) is 13.0. The van der Waals surface area contributed by atoms with Crippen LogP contribution < -0.4 is 16.0 Å². The fourth-order valence-corrected chi connectivity index (χ4v) is 6.37. The van der Waals surface area contributed by atoms with Gasteiger partial charge in [0, 0.05) is 34.3 Å². The van der Waals surface area contributed by atoms with Crippen LogP contribution in [0.3, 0.4) is 0 Å². The van der Waals surface area contributed by atoms with E-state index in [0.717, 1.165) is 22.4 Å². The van der Waals surface area contributed by atoms with E-state index in [1.54, 1.807) is 28.9 Å². The highest BCUT2D eigenvalue weighted by molar-refractivity contribution is 7.89. The van der Waals surface area contributed by atoms with Crippen molar-refractivity contribution in [1.29, 1.82) is 5.41 Å². The molecule has 9 heteroatoms. The van der Waals surface area contributed by atoms with Gasteiger partial charge < -0.3 is 5.73 Å². The van der Waals surface area contributed by atoms with E-state index < -0.39 is 15.6 Å². The molecule has 0 bridgehead atoms. The van der Waals surface area contributed by atoms with E-state index in [1.807, 2.05) is 83.1 Å². The predicted octanol–water partition coefficient (Wildman–Crippen LogP) is 4.97. The van der Waals surface area contributed by atoms with Crippen molar-refractivity contribution in [3.05, 3.63) is 111 Å². The van der Waals surface area contributed by atoms with Crippen LogP contribution in [-0.2, 0) is 23.0 Å².